The number of aromatic nitrogens is 2. The number of hydrogen-bond donors (Lipinski definition) is 2. The molecular weight excluding hydrogens is 335 g/mol. The normalized spacial score (nSPS) is 13.1. The summed E-state index contributed by atoms with van der Waals surface area (Å²) in [6.07, 6.45) is -6.05. The Morgan fingerprint density at radius 2 is 1.96 bits per heavy atom. The van der Waals surface area contributed by atoms with Crippen LogP contribution >= 0.6 is 0 Å². The number of rotatable bonds is 5. The molecular formula is C17H20F3N3O2. The molecule has 0 radical (unpaired) electrons. The van der Waals surface area contributed by atoms with Gasteiger partial charge in [-0.25, -0.2) is 0 Å². The quantitative estimate of drug-likeness (QED) is 0.866. The van der Waals surface area contributed by atoms with E-state index in [9.17, 15) is 23.1 Å². The van der Waals surface area contributed by atoms with Crippen molar-refractivity contribution in [2.45, 2.75) is 32.0 Å². The van der Waals surface area contributed by atoms with Crippen LogP contribution in [0.1, 0.15) is 53.2 Å². The lowest BCUT2D eigenvalue weighted by Gasteiger charge is -2.17. The average molecular weight is 355 g/mol. The monoisotopic (exact) mass is 355 g/mol. The molecule has 5 nitrogen and oxygen atoms in total. The number of carbonyl (C=O) groups is 1. The van der Waals surface area contributed by atoms with Crippen molar-refractivity contribution in [1.29, 1.82) is 0 Å². The van der Waals surface area contributed by atoms with E-state index in [1.54, 1.807) is 13.1 Å². The number of nitrogens with one attached hydrogen (secondary N) is 1. The average Bonchev–Trinajstić information content (AvgIpc) is 2.93. The predicted molar refractivity (Wildman–Crippen MR) is 86.0 cm³/mol. The van der Waals surface area contributed by atoms with Crippen LogP contribution in [-0.2, 0) is 13.2 Å². The zero-order chi connectivity index (χ0) is 18.8. The van der Waals surface area contributed by atoms with Crippen LogP contribution in [-0.4, -0.2) is 27.3 Å². The summed E-state index contributed by atoms with van der Waals surface area (Å²) in [7, 11) is 1.61. The second-order valence-electron chi connectivity index (χ2n) is 6.04. The first-order valence-corrected chi connectivity index (χ1v) is 7.77. The van der Waals surface area contributed by atoms with E-state index in [0.29, 0.717) is 0 Å². The number of aryl methyl sites for hydroxylation is 1. The molecule has 0 saturated heterocycles. The van der Waals surface area contributed by atoms with Crippen molar-refractivity contribution in [2.75, 3.05) is 6.54 Å². The van der Waals surface area contributed by atoms with Crippen LogP contribution in [0.4, 0.5) is 13.2 Å². The summed E-state index contributed by atoms with van der Waals surface area (Å²) >= 11 is 0. The Labute approximate surface area is 143 Å². The van der Waals surface area contributed by atoms with Gasteiger partial charge in [0.1, 0.15) is 5.69 Å². The van der Waals surface area contributed by atoms with Gasteiger partial charge < -0.3 is 10.4 Å². The van der Waals surface area contributed by atoms with E-state index < -0.39 is 23.8 Å². The zero-order valence-corrected chi connectivity index (χ0v) is 14.1. The molecule has 0 spiro atoms. The van der Waals surface area contributed by atoms with Crippen molar-refractivity contribution in [2.24, 2.45) is 7.05 Å². The van der Waals surface area contributed by atoms with Gasteiger partial charge in [-0.15, -0.1) is 0 Å². The van der Waals surface area contributed by atoms with Gasteiger partial charge in [0.15, 0.2) is 0 Å². The van der Waals surface area contributed by atoms with Crippen LogP contribution < -0.4 is 5.32 Å². The molecule has 1 aromatic heterocycles. The summed E-state index contributed by atoms with van der Waals surface area (Å²) in [6.45, 7) is 3.53. The number of amides is 1. The topological polar surface area (TPSA) is 67.2 Å². The van der Waals surface area contributed by atoms with E-state index in [0.717, 1.165) is 11.8 Å². The second-order valence-corrected chi connectivity index (χ2v) is 6.04. The fraction of sp³-hybridized carbons (Fsp3) is 0.412. The summed E-state index contributed by atoms with van der Waals surface area (Å²) in [5, 5.41) is 16.7. The molecule has 0 aliphatic heterocycles. The molecule has 2 rings (SSSR count). The van der Waals surface area contributed by atoms with Crippen molar-refractivity contribution < 1.29 is 23.1 Å². The van der Waals surface area contributed by atoms with Gasteiger partial charge in [0, 0.05) is 13.6 Å². The van der Waals surface area contributed by atoms with Crippen LogP contribution in [0.25, 0.3) is 0 Å². The van der Waals surface area contributed by atoms with Gasteiger partial charge in [0.2, 0.25) is 0 Å². The van der Waals surface area contributed by atoms with Crippen molar-refractivity contribution in [1.82, 2.24) is 15.1 Å². The van der Waals surface area contributed by atoms with E-state index in [4.69, 9.17) is 0 Å². The minimum atomic E-state index is -4.57. The Morgan fingerprint density at radius 1 is 1.32 bits per heavy atom. The van der Waals surface area contributed by atoms with Gasteiger partial charge in [0.05, 0.1) is 17.4 Å². The molecule has 2 N–H and O–H groups in total. The van der Waals surface area contributed by atoms with E-state index in [1.807, 2.05) is 13.8 Å². The lowest BCUT2D eigenvalue weighted by Crippen LogP contribution is -2.30. The summed E-state index contributed by atoms with van der Waals surface area (Å²) in [5.41, 5.74) is -0.182. The van der Waals surface area contributed by atoms with Crippen LogP contribution in [0, 0.1) is 0 Å². The van der Waals surface area contributed by atoms with Gasteiger partial charge >= 0.3 is 6.18 Å². The minimum Gasteiger partial charge on any atom is -0.387 e. The van der Waals surface area contributed by atoms with Gasteiger partial charge in [-0.05, 0) is 23.6 Å². The largest absolute Gasteiger partial charge is 0.416 e. The highest BCUT2D eigenvalue weighted by Crippen LogP contribution is 2.34. The summed E-state index contributed by atoms with van der Waals surface area (Å²) < 4.78 is 40.4. The first-order valence-electron chi connectivity index (χ1n) is 7.77. The van der Waals surface area contributed by atoms with E-state index in [2.05, 4.69) is 10.4 Å². The zero-order valence-electron chi connectivity index (χ0n) is 14.1. The number of nitrogens with zero attached hydrogens (tertiary/aromatic N) is 2. The number of aliphatic hydroxyl groups excluding tert-OH is 1. The van der Waals surface area contributed by atoms with Gasteiger partial charge in [-0.2, -0.15) is 18.3 Å². The molecule has 1 aromatic carbocycles. The molecule has 2 aromatic rings. The third-order valence-electron chi connectivity index (χ3n) is 3.80. The molecule has 0 aliphatic carbocycles. The third-order valence-corrected chi connectivity index (χ3v) is 3.80. The smallest absolute Gasteiger partial charge is 0.387 e. The van der Waals surface area contributed by atoms with Gasteiger partial charge in [-0.3, -0.25) is 9.48 Å². The fourth-order valence-corrected chi connectivity index (χ4v) is 2.42. The Kier molecular flexibility index (Phi) is 5.52. The highest BCUT2D eigenvalue weighted by atomic mass is 19.4. The van der Waals surface area contributed by atoms with E-state index in [1.165, 1.54) is 22.9 Å². The Bertz CT molecular complexity index is 754. The maximum absolute atomic E-state index is 13.0. The van der Waals surface area contributed by atoms with Crippen molar-refractivity contribution in [3.05, 3.63) is 52.8 Å². The Morgan fingerprint density at radius 3 is 2.52 bits per heavy atom. The molecule has 1 amide bonds. The number of halogens is 3. The van der Waals surface area contributed by atoms with Crippen LogP contribution in [0.3, 0.4) is 0 Å². The molecule has 1 heterocycles. The molecule has 0 unspecified atom stereocenters. The first kappa shape index (κ1) is 19.0. The predicted octanol–water partition coefficient (Wildman–Crippen LogP) is 3.03. The summed E-state index contributed by atoms with van der Waals surface area (Å²) in [6, 6.07) is 6.37. The number of carbonyl (C=O) groups excluding carboxylic acids is 1. The van der Waals surface area contributed by atoms with Gasteiger partial charge in [-0.1, -0.05) is 32.0 Å². The molecule has 25 heavy (non-hydrogen) atoms. The number of aliphatic hydroxyl groups is 1. The SMILES string of the molecule is CC(C)c1cc(C(=O)NC[C@H](O)c2ccccc2C(F)(F)F)n(C)n1. The second kappa shape index (κ2) is 7.26. The molecule has 1 atom stereocenters. The highest BCUT2D eigenvalue weighted by molar-refractivity contribution is 5.92. The van der Waals surface area contributed by atoms with Crippen molar-refractivity contribution in [3.63, 3.8) is 0 Å². The molecule has 8 heteroatoms. The third kappa shape index (κ3) is 4.39. The van der Waals surface area contributed by atoms with Gasteiger partial charge in [0.25, 0.3) is 5.91 Å². The van der Waals surface area contributed by atoms with E-state index >= 15 is 0 Å². The molecule has 0 bridgehead atoms. The summed E-state index contributed by atoms with van der Waals surface area (Å²) in [5.74, 6) is -0.373. The number of hydrogen-bond acceptors (Lipinski definition) is 3. The van der Waals surface area contributed by atoms with Crippen molar-refractivity contribution in [3.8, 4) is 0 Å². The lowest BCUT2D eigenvalue weighted by atomic mass is 10.0. The number of benzene rings is 1. The highest BCUT2D eigenvalue weighted by Gasteiger charge is 2.34. The first-order chi connectivity index (χ1) is 11.6. The minimum absolute atomic E-state index is 0.136. The van der Waals surface area contributed by atoms with Crippen LogP contribution in [0.15, 0.2) is 30.3 Å². The Balaban J connectivity index is 2.10. The van der Waals surface area contributed by atoms with Crippen LogP contribution in [0.5, 0.6) is 0 Å². The molecule has 0 fully saturated rings. The standard InChI is InChI=1S/C17H20F3N3O2/c1-10(2)13-8-14(23(3)22-13)16(25)21-9-15(24)11-6-4-5-7-12(11)17(18,19)20/h4-8,10,15,24H,9H2,1-3H3,(H,21,25)/t15-/m0/s1. The lowest BCUT2D eigenvalue weighted by molar-refractivity contribution is -0.139. The summed E-state index contributed by atoms with van der Waals surface area (Å²) in [4.78, 5) is 12.2. The molecule has 0 aliphatic rings. The molecule has 0 saturated carbocycles. The fourth-order valence-electron chi connectivity index (χ4n) is 2.42. The Hall–Kier alpha value is -2.35. The number of alkyl halides is 3. The maximum atomic E-state index is 13.0. The molecule has 136 valence electrons. The maximum Gasteiger partial charge on any atom is 0.416 e. The van der Waals surface area contributed by atoms with Crippen LogP contribution in [0.2, 0.25) is 0 Å². The van der Waals surface area contributed by atoms with Crippen molar-refractivity contribution >= 4 is 5.91 Å². The van der Waals surface area contributed by atoms with E-state index in [-0.39, 0.29) is 23.7 Å².